The van der Waals surface area contributed by atoms with E-state index in [0.29, 0.717) is 6.54 Å². The van der Waals surface area contributed by atoms with Gasteiger partial charge >= 0.3 is 0 Å². The molecule has 1 amide bonds. The van der Waals surface area contributed by atoms with Crippen LogP contribution in [0, 0.1) is 0 Å². The minimum Gasteiger partial charge on any atom is -0.478 e. The number of carbonyl (C=O) groups excluding carboxylic acids is 1. The molecule has 3 aliphatic heterocycles. The van der Waals surface area contributed by atoms with Gasteiger partial charge in [-0.1, -0.05) is 18.2 Å². The molecule has 0 aliphatic carbocycles. The molecule has 4 atom stereocenters. The van der Waals surface area contributed by atoms with Gasteiger partial charge in [-0.2, -0.15) is 5.06 Å². The second-order valence-corrected chi connectivity index (χ2v) is 5.41. The van der Waals surface area contributed by atoms with Crippen LogP contribution < -0.4 is 4.74 Å². The number of hydrogen-bond acceptors (Lipinski definition) is 4. The van der Waals surface area contributed by atoms with Crippen molar-refractivity contribution in [3.05, 3.63) is 30.3 Å². The molecule has 0 unspecified atom stereocenters. The monoisotopic (exact) mass is 260 g/mol. The van der Waals surface area contributed by atoms with Crippen molar-refractivity contribution < 1.29 is 14.4 Å². The molecule has 5 heteroatoms. The Balaban J connectivity index is 1.56. The summed E-state index contributed by atoms with van der Waals surface area (Å²) in [6.07, 6.45) is 0.782. The number of benzene rings is 1. The van der Waals surface area contributed by atoms with Gasteiger partial charge in [0.2, 0.25) is 0 Å². The van der Waals surface area contributed by atoms with E-state index in [1.54, 1.807) is 0 Å². The van der Waals surface area contributed by atoms with Gasteiger partial charge in [0, 0.05) is 13.6 Å². The van der Waals surface area contributed by atoms with Gasteiger partial charge in [-0.25, -0.2) is 0 Å². The fourth-order valence-electron chi connectivity index (χ4n) is 3.38. The van der Waals surface area contributed by atoms with Crippen molar-refractivity contribution >= 4 is 5.91 Å². The van der Waals surface area contributed by atoms with Crippen molar-refractivity contribution in [1.82, 2.24) is 9.96 Å². The third kappa shape index (κ3) is 1.58. The molecule has 100 valence electrons. The van der Waals surface area contributed by atoms with Crippen molar-refractivity contribution in [1.29, 1.82) is 0 Å². The summed E-state index contributed by atoms with van der Waals surface area (Å²) in [6, 6.07) is 9.91. The predicted molar refractivity (Wildman–Crippen MR) is 67.4 cm³/mol. The molecular weight excluding hydrogens is 244 g/mol. The zero-order chi connectivity index (χ0) is 13.0. The largest absolute Gasteiger partial charge is 0.478 e. The fourth-order valence-corrected chi connectivity index (χ4v) is 3.38. The summed E-state index contributed by atoms with van der Waals surface area (Å²) in [5.41, 5.74) is 0. The molecule has 3 fully saturated rings. The van der Waals surface area contributed by atoms with Gasteiger partial charge < -0.3 is 9.64 Å². The Kier molecular flexibility index (Phi) is 2.34. The van der Waals surface area contributed by atoms with Gasteiger partial charge in [0.1, 0.15) is 5.75 Å². The van der Waals surface area contributed by atoms with Crippen LogP contribution >= 0.6 is 0 Å². The van der Waals surface area contributed by atoms with Crippen molar-refractivity contribution in [3.63, 3.8) is 0 Å². The normalized spacial score (nSPS) is 36.9. The highest BCUT2D eigenvalue weighted by atomic mass is 16.7. The fraction of sp³-hybridized carbons (Fsp3) is 0.500. The Morgan fingerprint density at radius 3 is 2.89 bits per heavy atom. The quantitative estimate of drug-likeness (QED) is 0.733. The van der Waals surface area contributed by atoms with E-state index >= 15 is 0 Å². The van der Waals surface area contributed by atoms with Crippen LogP contribution in [0.2, 0.25) is 0 Å². The molecule has 0 aromatic heterocycles. The molecule has 3 heterocycles. The second kappa shape index (κ2) is 3.95. The van der Waals surface area contributed by atoms with E-state index < -0.39 is 0 Å². The molecule has 0 spiro atoms. The van der Waals surface area contributed by atoms with Crippen molar-refractivity contribution in [2.45, 2.75) is 30.7 Å². The zero-order valence-corrected chi connectivity index (χ0v) is 10.7. The van der Waals surface area contributed by atoms with Crippen LogP contribution in [0.1, 0.15) is 6.42 Å². The molecule has 0 radical (unpaired) electrons. The maximum atomic E-state index is 12.2. The Hall–Kier alpha value is -1.59. The zero-order valence-electron chi connectivity index (χ0n) is 10.7. The standard InChI is InChI=1S/C14H16N2O3/c1-15-11-7-10(19-15)8-16-12(11)13(14(16)17)18-9-5-3-2-4-6-9/h2-6,10-13H,7-8H2,1H3/t10-,11+,12+,13-/m1/s1. The van der Waals surface area contributed by atoms with Crippen LogP contribution in [0.3, 0.4) is 0 Å². The van der Waals surface area contributed by atoms with E-state index in [9.17, 15) is 4.79 Å². The Labute approximate surface area is 111 Å². The maximum absolute atomic E-state index is 12.2. The number of piperidine rings is 1. The molecule has 0 N–H and O–H groups in total. The van der Waals surface area contributed by atoms with Crippen molar-refractivity contribution in [2.75, 3.05) is 13.6 Å². The molecule has 0 saturated carbocycles. The van der Waals surface area contributed by atoms with Gasteiger partial charge in [0.15, 0.2) is 6.10 Å². The lowest BCUT2D eigenvalue weighted by atomic mass is 9.84. The molecule has 19 heavy (non-hydrogen) atoms. The number of nitrogens with zero attached hydrogens (tertiary/aromatic N) is 2. The lowest BCUT2D eigenvalue weighted by molar-refractivity contribution is -0.170. The summed E-state index contributed by atoms with van der Waals surface area (Å²) >= 11 is 0. The van der Waals surface area contributed by atoms with Gasteiger partial charge in [-0.15, -0.1) is 0 Å². The number of hydroxylamine groups is 2. The summed E-state index contributed by atoms with van der Waals surface area (Å²) < 4.78 is 5.86. The molecule has 2 bridgehead atoms. The Morgan fingerprint density at radius 1 is 1.32 bits per heavy atom. The van der Waals surface area contributed by atoms with E-state index in [2.05, 4.69) is 0 Å². The number of rotatable bonds is 2. The van der Waals surface area contributed by atoms with Crippen LogP contribution in [0.25, 0.3) is 0 Å². The molecule has 5 nitrogen and oxygen atoms in total. The van der Waals surface area contributed by atoms with Gasteiger partial charge in [-0.05, 0) is 18.6 Å². The third-order valence-electron chi connectivity index (χ3n) is 4.28. The smallest absolute Gasteiger partial charge is 0.266 e. The van der Waals surface area contributed by atoms with Crippen LogP contribution in [-0.4, -0.2) is 53.8 Å². The highest BCUT2D eigenvalue weighted by molar-refractivity contribution is 5.89. The molecule has 1 aromatic rings. The second-order valence-electron chi connectivity index (χ2n) is 5.41. The molecular formula is C14H16N2O3. The summed E-state index contributed by atoms with van der Waals surface area (Å²) in [4.78, 5) is 19.7. The Bertz CT molecular complexity index is 507. The summed E-state index contributed by atoms with van der Waals surface area (Å²) in [7, 11) is 1.94. The van der Waals surface area contributed by atoms with E-state index in [0.717, 1.165) is 12.2 Å². The number of hydrogen-bond donors (Lipinski definition) is 0. The van der Waals surface area contributed by atoms with E-state index in [-0.39, 0.29) is 30.2 Å². The number of likely N-dealkylation sites (N-methyl/N-ethyl adjacent to an activating group) is 1. The van der Waals surface area contributed by atoms with E-state index in [1.807, 2.05) is 47.3 Å². The predicted octanol–water partition coefficient (Wildman–Crippen LogP) is 0.663. The topological polar surface area (TPSA) is 42.0 Å². The Morgan fingerprint density at radius 2 is 2.11 bits per heavy atom. The molecule has 4 rings (SSSR count). The molecule has 3 saturated heterocycles. The summed E-state index contributed by atoms with van der Waals surface area (Å²) in [6.45, 7) is 0.693. The lowest BCUT2D eigenvalue weighted by Crippen LogP contribution is -2.74. The molecule has 3 aliphatic rings. The van der Waals surface area contributed by atoms with Crippen molar-refractivity contribution in [2.24, 2.45) is 0 Å². The maximum Gasteiger partial charge on any atom is 0.266 e. The first-order chi connectivity index (χ1) is 9.24. The van der Waals surface area contributed by atoms with Gasteiger partial charge in [0.05, 0.1) is 18.2 Å². The number of fused-ring (bicyclic) bond motifs is 4. The number of β-lactam (4-membered cyclic amide) rings is 1. The van der Waals surface area contributed by atoms with Crippen LogP contribution in [0.15, 0.2) is 30.3 Å². The van der Waals surface area contributed by atoms with Crippen LogP contribution in [0.4, 0.5) is 0 Å². The lowest BCUT2D eigenvalue weighted by Gasteiger charge is -2.51. The number of ether oxygens (including phenoxy) is 1. The minimum atomic E-state index is -0.363. The third-order valence-corrected chi connectivity index (χ3v) is 4.28. The summed E-state index contributed by atoms with van der Waals surface area (Å²) in [5.74, 6) is 0.839. The minimum absolute atomic E-state index is 0.0856. The number of amides is 1. The average Bonchev–Trinajstić information content (AvgIpc) is 2.74. The van der Waals surface area contributed by atoms with Crippen LogP contribution in [0.5, 0.6) is 5.75 Å². The van der Waals surface area contributed by atoms with Gasteiger partial charge in [0.25, 0.3) is 5.91 Å². The summed E-state index contributed by atoms with van der Waals surface area (Å²) in [5, 5.41) is 1.89. The van der Waals surface area contributed by atoms with E-state index in [1.165, 1.54) is 0 Å². The number of carbonyl (C=O) groups is 1. The highest BCUT2D eigenvalue weighted by Crippen LogP contribution is 2.39. The van der Waals surface area contributed by atoms with Crippen LogP contribution in [-0.2, 0) is 9.63 Å². The first-order valence-electron chi connectivity index (χ1n) is 6.66. The average molecular weight is 260 g/mol. The van der Waals surface area contributed by atoms with E-state index in [4.69, 9.17) is 9.57 Å². The SMILES string of the molecule is CN1O[C@@H]2C[C@H]1[C@H]1[C@@H](Oc3ccccc3)C(=O)N1C2. The molecule has 1 aromatic carbocycles. The van der Waals surface area contributed by atoms with Gasteiger partial charge in [-0.3, -0.25) is 9.63 Å². The highest BCUT2D eigenvalue weighted by Gasteiger charge is 2.60. The van der Waals surface area contributed by atoms with Crippen molar-refractivity contribution in [3.8, 4) is 5.75 Å². The first kappa shape index (κ1) is 11.3. The number of para-hydroxylation sites is 1. The first-order valence-corrected chi connectivity index (χ1v) is 6.66.